The molecule has 3 nitrogen and oxygen atoms in total. The Kier molecular flexibility index (Phi) is 3.06. The van der Waals surface area contributed by atoms with E-state index in [2.05, 4.69) is 4.99 Å². The Morgan fingerprint density at radius 1 is 1.40 bits per heavy atom. The molecule has 0 N–H and O–H groups in total. The third-order valence-electron chi connectivity index (χ3n) is 2.07. The van der Waals surface area contributed by atoms with Gasteiger partial charge in [-0.1, -0.05) is 30.0 Å². The SMILES string of the molecule is CC/N=C1\SCC(=O)N1c1ccccc1. The van der Waals surface area contributed by atoms with Gasteiger partial charge in [0.25, 0.3) is 0 Å². The van der Waals surface area contributed by atoms with Crippen molar-refractivity contribution in [3.8, 4) is 0 Å². The number of hydrogen-bond donors (Lipinski definition) is 0. The average Bonchev–Trinajstić information content (AvgIpc) is 2.62. The number of amidine groups is 1. The van der Waals surface area contributed by atoms with E-state index in [1.165, 1.54) is 11.8 Å². The Morgan fingerprint density at radius 2 is 2.13 bits per heavy atom. The van der Waals surface area contributed by atoms with Gasteiger partial charge in [0.1, 0.15) is 0 Å². The van der Waals surface area contributed by atoms with Crippen molar-refractivity contribution in [1.82, 2.24) is 0 Å². The molecule has 2 rings (SSSR count). The minimum atomic E-state index is 0.110. The van der Waals surface area contributed by atoms with Crippen LogP contribution in [-0.2, 0) is 4.79 Å². The van der Waals surface area contributed by atoms with Crippen molar-refractivity contribution < 1.29 is 4.79 Å². The maximum absolute atomic E-state index is 11.7. The van der Waals surface area contributed by atoms with Gasteiger partial charge < -0.3 is 0 Å². The molecule has 0 radical (unpaired) electrons. The van der Waals surface area contributed by atoms with Crippen LogP contribution in [-0.4, -0.2) is 23.4 Å². The summed E-state index contributed by atoms with van der Waals surface area (Å²) < 4.78 is 0. The van der Waals surface area contributed by atoms with Gasteiger partial charge in [-0.3, -0.25) is 14.7 Å². The van der Waals surface area contributed by atoms with Crippen molar-refractivity contribution in [3.05, 3.63) is 30.3 Å². The molecule has 0 saturated carbocycles. The first-order valence-corrected chi connectivity index (χ1v) is 5.86. The van der Waals surface area contributed by atoms with Gasteiger partial charge in [-0.05, 0) is 19.1 Å². The molecule has 1 saturated heterocycles. The Labute approximate surface area is 93.2 Å². The first kappa shape index (κ1) is 10.2. The molecule has 1 aromatic rings. The number of carbonyl (C=O) groups is 1. The Balaban J connectivity index is 2.34. The third kappa shape index (κ3) is 2.04. The molecule has 0 spiro atoms. The van der Waals surface area contributed by atoms with E-state index in [9.17, 15) is 4.79 Å². The van der Waals surface area contributed by atoms with Crippen LogP contribution >= 0.6 is 11.8 Å². The summed E-state index contributed by atoms with van der Waals surface area (Å²) in [6.45, 7) is 2.68. The number of benzene rings is 1. The molecule has 1 aliphatic heterocycles. The maximum atomic E-state index is 11.7. The number of thioether (sulfide) groups is 1. The summed E-state index contributed by atoms with van der Waals surface area (Å²) in [6.07, 6.45) is 0. The van der Waals surface area contributed by atoms with Crippen molar-refractivity contribution in [2.45, 2.75) is 6.92 Å². The molecule has 0 atom stereocenters. The summed E-state index contributed by atoms with van der Waals surface area (Å²) >= 11 is 1.50. The first-order valence-electron chi connectivity index (χ1n) is 4.88. The highest BCUT2D eigenvalue weighted by Crippen LogP contribution is 2.26. The van der Waals surface area contributed by atoms with Crippen LogP contribution in [0.2, 0.25) is 0 Å². The topological polar surface area (TPSA) is 32.7 Å². The molecule has 0 unspecified atom stereocenters. The predicted molar refractivity (Wildman–Crippen MR) is 64.4 cm³/mol. The lowest BCUT2D eigenvalue weighted by Crippen LogP contribution is -2.29. The highest BCUT2D eigenvalue weighted by molar-refractivity contribution is 8.15. The zero-order valence-electron chi connectivity index (χ0n) is 8.51. The van der Waals surface area contributed by atoms with Gasteiger partial charge in [0.05, 0.1) is 11.4 Å². The second-order valence-corrected chi connectivity index (χ2v) is 4.05. The minimum absolute atomic E-state index is 0.110. The molecular weight excluding hydrogens is 208 g/mol. The summed E-state index contributed by atoms with van der Waals surface area (Å²) in [7, 11) is 0. The van der Waals surface area contributed by atoms with E-state index in [4.69, 9.17) is 0 Å². The molecule has 0 aromatic heterocycles. The summed E-state index contributed by atoms with van der Waals surface area (Å²) in [5.74, 6) is 0.603. The van der Waals surface area contributed by atoms with Gasteiger partial charge in [0, 0.05) is 6.54 Å². The number of aliphatic imine (C=N–C) groups is 1. The van der Waals surface area contributed by atoms with Crippen LogP contribution in [0.15, 0.2) is 35.3 Å². The number of amides is 1. The Morgan fingerprint density at radius 3 is 2.80 bits per heavy atom. The molecule has 0 bridgehead atoms. The first-order chi connectivity index (χ1) is 7.33. The second kappa shape index (κ2) is 4.49. The molecule has 0 aliphatic carbocycles. The van der Waals surface area contributed by atoms with Crippen LogP contribution in [0.4, 0.5) is 5.69 Å². The zero-order valence-corrected chi connectivity index (χ0v) is 9.33. The van der Waals surface area contributed by atoms with Gasteiger partial charge in [0.15, 0.2) is 5.17 Å². The molecule has 1 fully saturated rings. The fraction of sp³-hybridized carbons (Fsp3) is 0.273. The van der Waals surface area contributed by atoms with Crippen LogP contribution in [0, 0.1) is 0 Å². The normalized spacial score (nSPS) is 18.9. The Hall–Kier alpha value is -1.29. The Bertz CT molecular complexity index is 389. The molecule has 1 heterocycles. The van der Waals surface area contributed by atoms with E-state index < -0.39 is 0 Å². The van der Waals surface area contributed by atoms with Crippen LogP contribution in [0.1, 0.15) is 6.92 Å². The second-order valence-electron chi connectivity index (χ2n) is 3.11. The highest BCUT2D eigenvalue weighted by Gasteiger charge is 2.28. The summed E-state index contributed by atoms with van der Waals surface area (Å²) in [4.78, 5) is 17.7. The van der Waals surface area contributed by atoms with E-state index in [1.807, 2.05) is 37.3 Å². The zero-order chi connectivity index (χ0) is 10.7. The standard InChI is InChI=1S/C11H12N2OS/c1-2-12-11-13(10(14)8-15-11)9-6-4-3-5-7-9/h3-7H,2,8H2,1H3/b12-11-. The molecule has 1 amide bonds. The maximum Gasteiger partial charge on any atom is 0.243 e. The van der Waals surface area contributed by atoms with Crippen LogP contribution < -0.4 is 4.90 Å². The lowest BCUT2D eigenvalue weighted by molar-refractivity contribution is -0.115. The lowest BCUT2D eigenvalue weighted by Gasteiger charge is -2.15. The predicted octanol–water partition coefficient (Wildman–Crippen LogP) is 2.14. The minimum Gasteiger partial charge on any atom is -0.273 e. The smallest absolute Gasteiger partial charge is 0.243 e. The molecule has 1 aromatic carbocycles. The average molecular weight is 220 g/mol. The highest BCUT2D eigenvalue weighted by atomic mass is 32.2. The number of nitrogens with zero attached hydrogens (tertiary/aromatic N) is 2. The summed E-state index contributed by atoms with van der Waals surface area (Å²) in [6, 6.07) is 9.64. The third-order valence-corrected chi connectivity index (χ3v) is 3.03. The van der Waals surface area contributed by atoms with Gasteiger partial charge in [-0.2, -0.15) is 0 Å². The molecule has 4 heteroatoms. The van der Waals surface area contributed by atoms with Crippen molar-refractivity contribution >= 4 is 28.5 Å². The molecule has 15 heavy (non-hydrogen) atoms. The molecular formula is C11H12N2OS. The quantitative estimate of drug-likeness (QED) is 0.765. The number of anilines is 1. The molecule has 1 aliphatic rings. The van der Waals surface area contributed by atoms with Gasteiger partial charge in [-0.15, -0.1) is 0 Å². The van der Waals surface area contributed by atoms with Crippen LogP contribution in [0.5, 0.6) is 0 Å². The van der Waals surface area contributed by atoms with Crippen molar-refractivity contribution in [2.24, 2.45) is 4.99 Å². The van der Waals surface area contributed by atoms with Crippen molar-refractivity contribution in [3.63, 3.8) is 0 Å². The van der Waals surface area contributed by atoms with Gasteiger partial charge >= 0.3 is 0 Å². The summed E-state index contributed by atoms with van der Waals surface area (Å²) in [5, 5.41) is 0.814. The summed E-state index contributed by atoms with van der Waals surface area (Å²) in [5.41, 5.74) is 0.903. The van der Waals surface area contributed by atoms with Crippen molar-refractivity contribution in [1.29, 1.82) is 0 Å². The van der Waals surface area contributed by atoms with E-state index in [1.54, 1.807) is 4.90 Å². The fourth-order valence-corrected chi connectivity index (χ4v) is 2.38. The van der Waals surface area contributed by atoms with Crippen molar-refractivity contribution in [2.75, 3.05) is 17.2 Å². The number of hydrogen-bond acceptors (Lipinski definition) is 3. The molecule has 78 valence electrons. The van der Waals surface area contributed by atoms with Gasteiger partial charge in [0.2, 0.25) is 5.91 Å². The lowest BCUT2D eigenvalue weighted by atomic mass is 10.3. The van der Waals surface area contributed by atoms with E-state index >= 15 is 0 Å². The largest absolute Gasteiger partial charge is 0.273 e. The number of rotatable bonds is 2. The van der Waals surface area contributed by atoms with Gasteiger partial charge in [-0.25, -0.2) is 0 Å². The van der Waals surface area contributed by atoms with E-state index in [0.717, 1.165) is 10.9 Å². The fourth-order valence-electron chi connectivity index (χ4n) is 1.45. The monoisotopic (exact) mass is 220 g/mol. The van der Waals surface area contributed by atoms with Crippen LogP contribution in [0.3, 0.4) is 0 Å². The van der Waals surface area contributed by atoms with E-state index in [0.29, 0.717) is 12.3 Å². The van der Waals surface area contributed by atoms with E-state index in [-0.39, 0.29) is 5.91 Å². The number of carbonyl (C=O) groups excluding carboxylic acids is 1. The number of para-hydroxylation sites is 1. The van der Waals surface area contributed by atoms with Crippen LogP contribution in [0.25, 0.3) is 0 Å².